The van der Waals surface area contributed by atoms with Gasteiger partial charge in [0.05, 0.1) is 0 Å². The number of hydrogen-bond donors (Lipinski definition) is 1. The van der Waals surface area contributed by atoms with Gasteiger partial charge in [0, 0.05) is 12.5 Å². The van der Waals surface area contributed by atoms with E-state index in [1.165, 1.54) is 31.7 Å². The van der Waals surface area contributed by atoms with Crippen LogP contribution in [-0.2, 0) is 6.42 Å². The Balaban J connectivity index is 2.16. The molecule has 0 spiro atoms. The van der Waals surface area contributed by atoms with E-state index < -0.39 is 5.97 Å². The van der Waals surface area contributed by atoms with E-state index in [1.54, 1.807) is 0 Å². The van der Waals surface area contributed by atoms with Crippen LogP contribution in [0.5, 0.6) is 0 Å². The summed E-state index contributed by atoms with van der Waals surface area (Å²) < 4.78 is 0. The second kappa shape index (κ2) is 4.78. The van der Waals surface area contributed by atoms with Gasteiger partial charge in [0.1, 0.15) is 11.0 Å². The van der Waals surface area contributed by atoms with Gasteiger partial charge in [-0.25, -0.2) is 14.8 Å². The molecule has 0 radical (unpaired) electrons. The lowest BCUT2D eigenvalue weighted by Gasteiger charge is -2.07. The zero-order chi connectivity index (χ0) is 11.5. The predicted molar refractivity (Wildman–Crippen MR) is 59.7 cm³/mol. The highest BCUT2D eigenvalue weighted by molar-refractivity contribution is 6.29. The summed E-state index contributed by atoms with van der Waals surface area (Å²) in [5, 5.41) is 9.05. The molecule has 0 amide bonds. The molecule has 0 bridgehead atoms. The molecule has 0 aliphatic heterocycles. The molecule has 0 atom stereocenters. The smallest absolute Gasteiger partial charge is 0.354 e. The number of rotatable bonds is 3. The van der Waals surface area contributed by atoms with Gasteiger partial charge in [-0.1, -0.05) is 37.3 Å². The Morgan fingerprint density at radius 3 is 2.75 bits per heavy atom. The summed E-state index contributed by atoms with van der Waals surface area (Å²) in [5.41, 5.74) is -0.0204. The fourth-order valence-corrected chi connectivity index (χ4v) is 2.34. The summed E-state index contributed by atoms with van der Waals surface area (Å²) >= 11 is 5.77. The Morgan fingerprint density at radius 1 is 1.44 bits per heavy atom. The van der Waals surface area contributed by atoms with Crippen molar-refractivity contribution in [3.05, 3.63) is 22.7 Å². The van der Waals surface area contributed by atoms with Crippen molar-refractivity contribution in [1.29, 1.82) is 0 Å². The minimum atomic E-state index is -1.06. The monoisotopic (exact) mass is 240 g/mol. The predicted octanol–water partition coefficient (Wildman–Crippen LogP) is 2.56. The molecular formula is C11H13ClN2O2. The number of carboxylic acids is 1. The zero-order valence-corrected chi connectivity index (χ0v) is 9.57. The van der Waals surface area contributed by atoms with Crippen molar-refractivity contribution in [1.82, 2.24) is 9.97 Å². The van der Waals surface area contributed by atoms with E-state index in [0.717, 1.165) is 6.42 Å². The minimum absolute atomic E-state index is 0.0204. The van der Waals surface area contributed by atoms with Gasteiger partial charge in [0.25, 0.3) is 0 Å². The first-order chi connectivity index (χ1) is 7.65. The lowest BCUT2D eigenvalue weighted by molar-refractivity contribution is 0.0689. The second-order valence-corrected chi connectivity index (χ2v) is 4.54. The van der Waals surface area contributed by atoms with Crippen molar-refractivity contribution in [3.63, 3.8) is 0 Å². The molecule has 2 rings (SSSR count). The van der Waals surface area contributed by atoms with E-state index in [0.29, 0.717) is 11.7 Å². The Labute approximate surface area is 98.7 Å². The van der Waals surface area contributed by atoms with Gasteiger partial charge in [0.15, 0.2) is 5.69 Å². The fraction of sp³-hybridized carbons (Fsp3) is 0.545. The van der Waals surface area contributed by atoms with Crippen LogP contribution in [0.1, 0.15) is 42.0 Å². The number of aromatic carboxylic acids is 1. The second-order valence-electron chi connectivity index (χ2n) is 4.15. The summed E-state index contributed by atoms with van der Waals surface area (Å²) in [7, 11) is 0. The van der Waals surface area contributed by atoms with Crippen LogP contribution >= 0.6 is 11.6 Å². The van der Waals surface area contributed by atoms with Crippen molar-refractivity contribution < 1.29 is 9.90 Å². The average molecular weight is 241 g/mol. The molecule has 1 N–H and O–H groups in total. The summed E-state index contributed by atoms with van der Waals surface area (Å²) in [5.74, 6) is 0.0777. The highest BCUT2D eigenvalue weighted by Crippen LogP contribution is 2.27. The van der Waals surface area contributed by atoms with Crippen molar-refractivity contribution in [3.8, 4) is 0 Å². The van der Waals surface area contributed by atoms with Crippen LogP contribution in [-0.4, -0.2) is 21.0 Å². The molecular weight excluding hydrogens is 228 g/mol. The van der Waals surface area contributed by atoms with Crippen molar-refractivity contribution >= 4 is 17.6 Å². The van der Waals surface area contributed by atoms with E-state index in [2.05, 4.69) is 9.97 Å². The molecule has 1 saturated carbocycles. The quantitative estimate of drug-likeness (QED) is 0.825. The first-order valence-electron chi connectivity index (χ1n) is 5.42. The number of carbonyl (C=O) groups is 1. The molecule has 1 aromatic heterocycles. The minimum Gasteiger partial charge on any atom is -0.477 e. The number of hydrogen-bond acceptors (Lipinski definition) is 3. The van der Waals surface area contributed by atoms with Crippen LogP contribution in [0.3, 0.4) is 0 Å². The molecule has 1 aliphatic rings. The maximum Gasteiger partial charge on any atom is 0.354 e. The van der Waals surface area contributed by atoms with E-state index in [1.807, 2.05) is 0 Å². The highest BCUT2D eigenvalue weighted by Gasteiger charge is 2.18. The molecule has 1 heterocycles. The van der Waals surface area contributed by atoms with Crippen molar-refractivity contribution in [2.75, 3.05) is 0 Å². The van der Waals surface area contributed by atoms with E-state index >= 15 is 0 Å². The Bertz CT molecular complexity index is 403. The molecule has 1 aliphatic carbocycles. The molecule has 1 aromatic rings. The topological polar surface area (TPSA) is 63.1 Å². The molecule has 1 fully saturated rings. The molecule has 0 aromatic carbocycles. The van der Waals surface area contributed by atoms with Crippen LogP contribution in [0, 0.1) is 5.92 Å². The maximum absolute atomic E-state index is 10.8. The van der Waals surface area contributed by atoms with Gasteiger partial charge < -0.3 is 5.11 Å². The Morgan fingerprint density at radius 2 is 2.12 bits per heavy atom. The lowest BCUT2D eigenvalue weighted by atomic mass is 10.0. The number of nitrogens with zero attached hydrogens (tertiary/aromatic N) is 2. The van der Waals surface area contributed by atoms with Crippen LogP contribution in [0.2, 0.25) is 5.15 Å². The normalized spacial score (nSPS) is 16.6. The van der Waals surface area contributed by atoms with Gasteiger partial charge >= 0.3 is 5.97 Å². The first-order valence-corrected chi connectivity index (χ1v) is 5.79. The van der Waals surface area contributed by atoms with Gasteiger partial charge in [-0.05, 0) is 5.92 Å². The third-order valence-corrected chi connectivity index (χ3v) is 3.10. The maximum atomic E-state index is 10.8. The largest absolute Gasteiger partial charge is 0.477 e. The Hall–Kier alpha value is -1.16. The molecule has 0 saturated heterocycles. The van der Waals surface area contributed by atoms with E-state index in [-0.39, 0.29) is 10.8 Å². The highest BCUT2D eigenvalue weighted by atomic mass is 35.5. The number of carboxylic acid groups (broad SMARTS) is 1. The summed E-state index contributed by atoms with van der Waals surface area (Å²) in [4.78, 5) is 18.9. The molecule has 4 nitrogen and oxygen atoms in total. The van der Waals surface area contributed by atoms with Crippen LogP contribution in [0.25, 0.3) is 0 Å². The molecule has 16 heavy (non-hydrogen) atoms. The summed E-state index contributed by atoms with van der Waals surface area (Å²) in [6.45, 7) is 0. The number of halogens is 1. The van der Waals surface area contributed by atoms with Crippen molar-refractivity contribution in [2.24, 2.45) is 5.92 Å². The molecule has 0 unspecified atom stereocenters. The lowest BCUT2D eigenvalue weighted by Crippen LogP contribution is -2.09. The fourth-order valence-electron chi connectivity index (χ4n) is 2.14. The Kier molecular flexibility index (Phi) is 3.39. The zero-order valence-electron chi connectivity index (χ0n) is 8.82. The van der Waals surface area contributed by atoms with Crippen LogP contribution in [0.15, 0.2) is 6.07 Å². The first kappa shape index (κ1) is 11.3. The SMILES string of the molecule is O=C(O)c1cc(Cl)nc(CC2CCCC2)n1. The molecule has 86 valence electrons. The standard InChI is InChI=1S/C11H13ClN2O2/c12-9-6-8(11(15)16)13-10(14-9)5-7-3-1-2-4-7/h6-7H,1-5H2,(H,15,16). The third-order valence-electron chi connectivity index (χ3n) is 2.91. The summed E-state index contributed by atoms with van der Waals surface area (Å²) in [6, 6.07) is 1.28. The number of aromatic nitrogens is 2. The van der Waals surface area contributed by atoms with E-state index in [9.17, 15) is 4.79 Å². The van der Waals surface area contributed by atoms with Gasteiger partial charge in [-0.15, -0.1) is 0 Å². The third kappa shape index (κ3) is 2.70. The van der Waals surface area contributed by atoms with Gasteiger partial charge in [-0.2, -0.15) is 0 Å². The van der Waals surface area contributed by atoms with Crippen LogP contribution in [0.4, 0.5) is 0 Å². The summed E-state index contributed by atoms with van der Waals surface area (Å²) in [6.07, 6.45) is 5.59. The van der Waals surface area contributed by atoms with E-state index in [4.69, 9.17) is 16.7 Å². The van der Waals surface area contributed by atoms with Crippen LogP contribution < -0.4 is 0 Å². The van der Waals surface area contributed by atoms with Crippen molar-refractivity contribution in [2.45, 2.75) is 32.1 Å². The molecule has 5 heteroatoms. The average Bonchev–Trinajstić information content (AvgIpc) is 2.69. The van der Waals surface area contributed by atoms with Gasteiger partial charge in [-0.3, -0.25) is 0 Å². The van der Waals surface area contributed by atoms with Gasteiger partial charge in [0.2, 0.25) is 0 Å².